The van der Waals surface area contributed by atoms with Gasteiger partial charge in [-0.3, -0.25) is 9.88 Å². The van der Waals surface area contributed by atoms with Crippen molar-refractivity contribution in [1.82, 2.24) is 29.8 Å². The summed E-state index contributed by atoms with van der Waals surface area (Å²) in [4.78, 5) is 20.7. The highest BCUT2D eigenvalue weighted by Gasteiger charge is 2.26. The van der Waals surface area contributed by atoms with Crippen molar-refractivity contribution < 1.29 is 9.53 Å². The summed E-state index contributed by atoms with van der Waals surface area (Å²) in [5.74, 6) is 0. The summed E-state index contributed by atoms with van der Waals surface area (Å²) in [6.07, 6.45) is 12.2. The molecule has 1 amide bonds. The average Bonchev–Trinajstić information content (AvgIpc) is 3.21. The van der Waals surface area contributed by atoms with Crippen LogP contribution in [0.4, 0.5) is 4.79 Å². The van der Waals surface area contributed by atoms with E-state index in [4.69, 9.17) is 4.74 Å². The van der Waals surface area contributed by atoms with Gasteiger partial charge in [-0.2, -0.15) is 0 Å². The highest BCUT2D eigenvalue weighted by Crippen LogP contribution is 2.20. The van der Waals surface area contributed by atoms with E-state index in [9.17, 15) is 4.79 Å². The van der Waals surface area contributed by atoms with Gasteiger partial charge in [0.25, 0.3) is 0 Å². The predicted molar refractivity (Wildman–Crippen MR) is 108 cm³/mol. The molecule has 29 heavy (non-hydrogen) atoms. The summed E-state index contributed by atoms with van der Waals surface area (Å²) in [6.45, 7) is 4.51. The summed E-state index contributed by atoms with van der Waals surface area (Å²) in [6, 6.07) is 4.21. The molecule has 4 heterocycles. The third-order valence-electron chi connectivity index (χ3n) is 5.78. The first-order valence-corrected chi connectivity index (χ1v) is 10.7. The predicted octanol–water partition coefficient (Wildman–Crippen LogP) is 2.70. The van der Waals surface area contributed by atoms with Gasteiger partial charge < -0.3 is 9.64 Å². The Kier molecular flexibility index (Phi) is 6.71. The molecule has 0 saturated carbocycles. The molecular weight excluding hydrogens is 368 g/mol. The number of carbonyl (C=O) groups excluding carboxylic acids is 1. The van der Waals surface area contributed by atoms with Crippen LogP contribution in [0.5, 0.6) is 0 Å². The zero-order valence-corrected chi connectivity index (χ0v) is 16.9. The van der Waals surface area contributed by atoms with Crippen molar-refractivity contribution >= 4 is 6.09 Å². The lowest BCUT2D eigenvalue weighted by molar-refractivity contribution is 0.0431. The second kappa shape index (κ2) is 9.82. The van der Waals surface area contributed by atoms with E-state index in [1.54, 1.807) is 6.20 Å². The number of ether oxygens (including phenoxy) is 1. The van der Waals surface area contributed by atoms with E-state index in [-0.39, 0.29) is 12.1 Å². The maximum Gasteiger partial charge on any atom is 0.409 e. The van der Waals surface area contributed by atoms with E-state index in [0.717, 1.165) is 56.7 Å². The lowest BCUT2D eigenvalue weighted by atomic mass is 10.0. The van der Waals surface area contributed by atoms with Crippen LogP contribution in [-0.4, -0.2) is 68.2 Å². The number of pyridine rings is 1. The molecule has 1 unspecified atom stereocenters. The van der Waals surface area contributed by atoms with Gasteiger partial charge in [0, 0.05) is 38.1 Å². The summed E-state index contributed by atoms with van der Waals surface area (Å²) < 4.78 is 7.52. The normalized spacial score (nSPS) is 20.6. The monoisotopic (exact) mass is 398 g/mol. The van der Waals surface area contributed by atoms with Crippen molar-refractivity contribution in [3.63, 3.8) is 0 Å². The molecule has 4 rings (SSSR count). The molecule has 0 spiro atoms. The van der Waals surface area contributed by atoms with Crippen molar-refractivity contribution in [2.75, 3.05) is 26.2 Å². The number of carbonyl (C=O) groups is 1. The lowest BCUT2D eigenvalue weighted by Crippen LogP contribution is -2.44. The van der Waals surface area contributed by atoms with E-state index in [0.29, 0.717) is 13.2 Å². The van der Waals surface area contributed by atoms with Crippen molar-refractivity contribution in [2.45, 2.75) is 57.7 Å². The highest BCUT2D eigenvalue weighted by molar-refractivity contribution is 5.67. The average molecular weight is 399 g/mol. The molecule has 2 aliphatic rings. The molecule has 2 aromatic heterocycles. The lowest BCUT2D eigenvalue weighted by Gasteiger charge is -2.35. The summed E-state index contributed by atoms with van der Waals surface area (Å²) >= 11 is 0. The van der Waals surface area contributed by atoms with Gasteiger partial charge in [-0.05, 0) is 50.3 Å². The van der Waals surface area contributed by atoms with Gasteiger partial charge in [0.05, 0.1) is 18.4 Å². The van der Waals surface area contributed by atoms with E-state index in [1.807, 2.05) is 34.1 Å². The molecule has 2 saturated heterocycles. The number of aromatic nitrogens is 4. The number of likely N-dealkylation sites (tertiary alicyclic amines) is 2. The summed E-state index contributed by atoms with van der Waals surface area (Å²) in [7, 11) is 0. The number of piperidine rings is 2. The van der Waals surface area contributed by atoms with Crippen LogP contribution < -0.4 is 0 Å². The Morgan fingerprint density at radius 3 is 2.79 bits per heavy atom. The van der Waals surface area contributed by atoms with Crippen LogP contribution in [-0.2, 0) is 17.8 Å². The van der Waals surface area contributed by atoms with Gasteiger partial charge >= 0.3 is 6.09 Å². The Labute approximate surface area is 171 Å². The standard InChI is InChI=1S/C21H30N6O2/c28-21(25-10-3-1-4-11-25)29-17-20-8-2-5-12-26(20)15-19-16-27(24-23-19)14-18-7-6-9-22-13-18/h6-7,9,13,16,20H,1-5,8,10-12,14-15,17H2. The molecule has 2 aliphatic heterocycles. The van der Waals surface area contributed by atoms with Crippen molar-refractivity contribution in [1.29, 1.82) is 0 Å². The van der Waals surface area contributed by atoms with E-state index < -0.39 is 0 Å². The number of hydrogen-bond donors (Lipinski definition) is 0. The molecule has 156 valence electrons. The second-order valence-corrected chi connectivity index (χ2v) is 8.01. The fourth-order valence-corrected chi connectivity index (χ4v) is 4.17. The van der Waals surface area contributed by atoms with Gasteiger partial charge in [0.1, 0.15) is 6.61 Å². The Morgan fingerprint density at radius 1 is 1.10 bits per heavy atom. The molecule has 0 aromatic carbocycles. The van der Waals surface area contributed by atoms with Crippen LogP contribution >= 0.6 is 0 Å². The van der Waals surface area contributed by atoms with E-state index in [2.05, 4.69) is 20.2 Å². The molecule has 2 fully saturated rings. The maximum absolute atomic E-state index is 12.3. The topological polar surface area (TPSA) is 76.4 Å². The minimum atomic E-state index is -0.155. The minimum Gasteiger partial charge on any atom is -0.448 e. The molecule has 2 aromatic rings. The SMILES string of the molecule is O=C(OCC1CCCCN1Cc1cn(Cc2cccnc2)nn1)N1CCCCC1. The molecule has 8 heteroatoms. The molecule has 0 N–H and O–H groups in total. The first kappa shape index (κ1) is 19.8. The third kappa shape index (κ3) is 5.53. The van der Waals surface area contributed by atoms with Crippen LogP contribution in [0.2, 0.25) is 0 Å². The molecule has 8 nitrogen and oxygen atoms in total. The van der Waals surface area contributed by atoms with Gasteiger partial charge in [-0.15, -0.1) is 5.10 Å². The molecule has 0 aliphatic carbocycles. The molecule has 0 bridgehead atoms. The maximum atomic E-state index is 12.3. The van der Waals surface area contributed by atoms with Gasteiger partial charge in [-0.25, -0.2) is 9.48 Å². The number of rotatable bonds is 6. The van der Waals surface area contributed by atoms with Crippen LogP contribution in [0.15, 0.2) is 30.7 Å². The summed E-state index contributed by atoms with van der Waals surface area (Å²) in [5, 5.41) is 8.60. The van der Waals surface area contributed by atoms with Crippen molar-refractivity contribution in [3.8, 4) is 0 Å². The van der Waals surface area contributed by atoms with Crippen molar-refractivity contribution in [2.24, 2.45) is 0 Å². The van der Waals surface area contributed by atoms with E-state index >= 15 is 0 Å². The van der Waals surface area contributed by atoms with E-state index in [1.165, 1.54) is 19.3 Å². The van der Waals surface area contributed by atoms with Crippen LogP contribution in [0.3, 0.4) is 0 Å². The smallest absolute Gasteiger partial charge is 0.409 e. The quantitative estimate of drug-likeness (QED) is 0.745. The Hall–Kier alpha value is -2.48. The van der Waals surface area contributed by atoms with Gasteiger partial charge in [0.2, 0.25) is 0 Å². The molecular formula is C21H30N6O2. The van der Waals surface area contributed by atoms with Crippen LogP contribution in [0.25, 0.3) is 0 Å². The zero-order valence-electron chi connectivity index (χ0n) is 16.9. The second-order valence-electron chi connectivity index (χ2n) is 8.01. The summed E-state index contributed by atoms with van der Waals surface area (Å²) in [5.41, 5.74) is 2.05. The molecule has 0 radical (unpaired) electrons. The first-order valence-electron chi connectivity index (χ1n) is 10.7. The fourth-order valence-electron chi connectivity index (χ4n) is 4.17. The Bertz CT molecular complexity index is 774. The number of hydrogen-bond acceptors (Lipinski definition) is 6. The molecule has 1 atom stereocenters. The highest BCUT2D eigenvalue weighted by atomic mass is 16.6. The van der Waals surface area contributed by atoms with Crippen LogP contribution in [0.1, 0.15) is 49.8 Å². The fraction of sp³-hybridized carbons (Fsp3) is 0.619. The number of nitrogens with zero attached hydrogens (tertiary/aromatic N) is 6. The third-order valence-corrected chi connectivity index (χ3v) is 5.78. The minimum absolute atomic E-state index is 0.155. The zero-order chi connectivity index (χ0) is 19.9. The van der Waals surface area contributed by atoms with Crippen LogP contribution in [0, 0.1) is 0 Å². The van der Waals surface area contributed by atoms with Gasteiger partial charge in [0.15, 0.2) is 0 Å². The van der Waals surface area contributed by atoms with Gasteiger partial charge in [-0.1, -0.05) is 17.7 Å². The number of amides is 1. The first-order chi connectivity index (χ1) is 14.3. The Balaban J connectivity index is 1.30. The largest absolute Gasteiger partial charge is 0.448 e. The Morgan fingerprint density at radius 2 is 1.97 bits per heavy atom. The van der Waals surface area contributed by atoms with Crippen molar-refractivity contribution in [3.05, 3.63) is 42.0 Å².